The number of benzene rings is 2. The third kappa shape index (κ3) is 11.0. The second kappa shape index (κ2) is 24.3. The van der Waals surface area contributed by atoms with Crippen LogP contribution in [-0.2, 0) is 48.4 Å². The van der Waals surface area contributed by atoms with E-state index in [2.05, 4.69) is 54.7 Å². The van der Waals surface area contributed by atoms with E-state index in [1.165, 1.54) is 11.1 Å². The predicted molar refractivity (Wildman–Crippen MR) is 288 cm³/mol. The Morgan fingerprint density at radius 3 is 1.28 bits per heavy atom. The van der Waals surface area contributed by atoms with Gasteiger partial charge in [-0.2, -0.15) is 0 Å². The first-order valence-corrected chi connectivity index (χ1v) is 26.1. The van der Waals surface area contributed by atoms with E-state index in [0.29, 0.717) is 50.1 Å². The van der Waals surface area contributed by atoms with Crippen molar-refractivity contribution in [2.24, 2.45) is 23.7 Å². The minimum absolute atomic E-state index is 0.0382. The number of aromatic nitrogens is 4. The zero-order valence-electron chi connectivity index (χ0n) is 42.3. The van der Waals surface area contributed by atoms with E-state index in [-0.39, 0.29) is 72.1 Å². The van der Waals surface area contributed by atoms with Gasteiger partial charge in [0.2, 0.25) is 11.8 Å². The molecule has 6 aromatic rings. The molecule has 0 saturated carbocycles. The summed E-state index contributed by atoms with van der Waals surface area (Å²) in [6.07, 6.45) is 17.5. The fourth-order valence-corrected chi connectivity index (χ4v) is 12.1. The number of fused-ring (bicyclic) bond motifs is 8. The lowest BCUT2D eigenvalue weighted by Crippen LogP contribution is -2.47. The summed E-state index contributed by atoms with van der Waals surface area (Å²) in [6.45, 7) is 7.04. The molecule has 10 rings (SSSR count). The molecule has 4 aliphatic rings. The van der Waals surface area contributed by atoms with Crippen LogP contribution < -0.4 is 21.8 Å². The van der Waals surface area contributed by atoms with Crippen LogP contribution in [-0.4, -0.2) is 102 Å². The molecule has 4 aromatic heterocycles. The number of allylic oxidation sites excluding steroid dienone is 2. The lowest BCUT2D eigenvalue weighted by molar-refractivity contribution is -0.128. The third-order valence-electron chi connectivity index (χ3n) is 15.6. The Morgan fingerprint density at radius 2 is 0.919 bits per heavy atom. The van der Waals surface area contributed by atoms with E-state index in [9.17, 15) is 29.4 Å². The molecular weight excluding hydrogens is 929 g/mol. The highest BCUT2D eigenvalue weighted by molar-refractivity contribution is 5.81. The molecule has 14 heteroatoms. The van der Waals surface area contributed by atoms with Gasteiger partial charge in [-0.3, -0.25) is 38.9 Å². The van der Waals surface area contributed by atoms with Crippen LogP contribution in [0.15, 0.2) is 156 Å². The fourth-order valence-electron chi connectivity index (χ4n) is 12.1. The van der Waals surface area contributed by atoms with Crippen molar-refractivity contribution in [2.75, 3.05) is 39.4 Å². The fraction of sp³-hybridized carbons (Fsp3) is 0.367. The normalized spacial score (nSPS) is 22.8. The van der Waals surface area contributed by atoms with Gasteiger partial charge in [0.05, 0.1) is 23.9 Å². The van der Waals surface area contributed by atoms with Crippen LogP contribution in [0.5, 0.6) is 0 Å². The first-order chi connectivity index (χ1) is 36.2. The largest absolute Gasteiger partial charge is 0.396 e. The van der Waals surface area contributed by atoms with Crippen molar-refractivity contribution < 1.29 is 19.8 Å². The number of aliphatic hydroxyl groups is 2. The molecule has 4 bridgehead atoms. The Bertz CT molecular complexity index is 2820. The van der Waals surface area contributed by atoms with Crippen LogP contribution in [0.3, 0.4) is 0 Å². The van der Waals surface area contributed by atoms with Gasteiger partial charge in [0, 0.05) is 124 Å². The highest BCUT2D eigenvalue weighted by Gasteiger charge is 2.57. The molecule has 0 unspecified atom stereocenters. The van der Waals surface area contributed by atoms with Crippen LogP contribution in [0.4, 0.5) is 0 Å². The van der Waals surface area contributed by atoms with E-state index in [4.69, 9.17) is 0 Å². The molecule has 2 aromatic carbocycles. The van der Waals surface area contributed by atoms with Gasteiger partial charge in [-0.05, 0) is 110 Å². The van der Waals surface area contributed by atoms with Gasteiger partial charge in [0.1, 0.15) is 0 Å². The summed E-state index contributed by atoms with van der Waals surface area (Å²) in [5.74, 6) is -1.53. The molecule has 8 heterocycles. The zero-order chi connectivity index (χ0) is 51.6. The number of carbonyl (C=O) groups is 2. The first-order valence-electron chi connectivity index (χ1n) is 26.1. The van der Waals surface area contributed by atoms with Crippen molar-refractivity contribution in [1.29, 1.82) is 0 Å². The number of nitrogens with one attached hydrogen (secondary N) is 2. The number of rotatable bonds is 18. The van der Waals surface area contributed by atoms with Gasteiger partial charge in [-0.15, -0.1) is 0 Å². The first kappa shape index (κ1) is 51.8. The summed E-state index contributed by atoms with van der Waals surface area (Å²) in [5.41, 5.74) is 7.59. The Hall–Kier alpha value is -7.10. The number of hydrogen-bond acceptors (Lipinski definition) is 10. The number of aliphatic hydroxyl groups excluding tert-OH is 2. The standard InChI is InChI=1S/2C30H34N4O3/c2*1-2-6-23-9-10-25-28-27(29(36)32-17-13-22-11-15-31-16-12-22)24(20-35)26(19-34(25)30(23)37)33(28)18-14-21-7-4-3-5-8-21/h2*2-12,15-16,24,26-28,35H,13-14,17-20H2,1H3,(H,32,36)/b6-2+;6-2-/t2*24-,26-,27+,28+/m11/s1. The molecule has 2 saturated heterocycles. The summed E-state index contributed by atoms with van der Waals surface area (Å²) in [5, 5.41) is 27.3. The van der Waals surface area contributed by atoms with Gasteiger partial charge >= 0.3 is 0 Å². The van der Waals surface area contributed by atoms with Crippen LogP contribution in [0, 0.1) is 23.7 Å². The van der Waals surface area contributed by atoms with Gasteiger partial charge in [-0.1, -0.05) is 85.0 Å². The van der Waals surface area contributed by atoms with Crippen LogP contribution >= 0.6 is 0 Å². The predicted octanol–water partition coefficient (Wildman–Crippen LogP) is 5.68. The molecule has 384 valence electrons. The van der Waals surface area contributed by atoms with Crippen molar-refractivity contribution in [3.63, 3.8) is 0 Å². The highest BCUT2D eigenvalue weighted by atomic mass is 16.3. The van der Waals surface area contributed by atoms with Crippen molar-refractivity contribution in [3.05, 3.63) is 212 Å². The molecular formula is C60H68N8O6. The summed E-state index contributed by atoms with van der Waals surface area (Å²) in [4.78, 5) is 66.8. The van der Waals surface area contributed by atoms with E-state index < -0.39 is 11.8 Å². The topological polar surface area (TPSA) is 175 Å². The van der Waals surface area contributed by atoms with E-state index in [1.54, 1.807) is 24.8 Å². The molecule has 74 heavy (non-hydrogen) atoms. The van der Waals surface area contributed by atoms with Crippen LogP contribution in [0.1, 0.15) is 70.7 Å². The van der Waals surface area contributed by atoms with Crippen molar-refractivity contribution in [2.45, 2.75) is 76.8 Å². The van der Waals surface area contributed by atoms with Crippen LogP contribution in [0.25, 0.3) is 12.2 Å². The minimum Gasteiger partial charge on any atom is -0.396 e. The number of nitrogens with zero attached hydrogens (tertiary/aromatic N) is 6. The maximum absolute atomic E-state index is 13.7. The summed E-state index contributed by atoms with van der Waals surface area (Å²) < 4.78 is 3.66. The Balaban J connectivity index is 0.000000182. The molecule has 0 aliphatic carbocycles. The number of pyridine rings is 4. The van der Waals surface area contributed by atoms with Gasteiger partial charge < -0.3 is 30.0 Å². The number of amides is 2. The maximum Gasteiger partial charge on any atom is 0.258 e. The smallest absolute Gasteiger partial charge is 0.258 e. The van der Waals surface area contributed by atoms with Crippen molar-refractivity contribution >= 4 is 24.0 Å². The maximum atomic E-state index is 13.7. The second-order valence-electron chi connectivity index (χ2n) is 19.8. The Morgan fingerprint density at radius 1 is 0.541 bits per heavy atom. The third-order valence-corrected chi connectivity index (χ3v) is 15.6. The molecule has 0 spiro atoms. The van der Waals surface area contributed by atoms with Crippen molar-refractivity contribution in [3.8, 4) is 0 Å². The summed E-state index contributed by atoms with van der Waals surface area (Å²) >= 11 is 0. The summed E-state index contributed by atoms with van der Waals surface area (Å²) in [7, 11) is 0. The molecule has 2 amide bonds. The molecule has 2 fully saturated rings. The number of hydrogen-bond donors (Lipinski definition) is 4. The molecule has 4 aliphatic heterocycles. The molecule has 8 atom stereocenters. The van der Waals surface area contributed by atoms with E-state index >= 15 is 0 Å². The lowest BCUT2D eigenvalue weighted by Gasteiger charge is -2.38. The quantitative estimate of drug-likeness (QED) is 0.0839. The number of carbonyl (C=O) groups excluding carboxylic acids is 2. The molecule has 0 radical (unpaired) electrons. The van der Waals surface area contributed by atoms with E-state index in [1.807, 2.05) is 132 Å². The highest BCUT2D eigenvalue weighted by Crippen LogP contribution is 2.49. The van der Waals surface area contributed by atoms with Crippen molar-refractivity contribution in [1.82, 2.24) is 39.5 Å². The van der Waals surface area contributed by atoms with Gasteiger partial charge in [-0.25, -0.2) is 0 Å². The SMILES string of the molecule is C/C=C/c1ccc2n(c1=O)C[C@@H]1[C@@H](CO)[C@H](C(=O)NCCc3ccncc3)[C@H]2N1CCc1ccccc1.C/C=C\c1ccc2n(c1=O)C[C@@H]1[C@@H](CO)[C@H](C(=O)NCCc3ccncc3)[C@H]2N1CCc1ccccc1. The monoisotopic (exact) mass is 997 g/mol. The average molecular weight is 997 g/mol. The second-order valence-corrected chi connectivity index (χ2v) is 19.8. The Kier molecular flexibility index (Phi) is 17.0. The summed E-state index contributed by atoms with van der Waals surface area (Å²) in [6, 6.07) is 35.3. The molecule has 14 nitrogen and oxygen atoms in total. The Labute approximate surface area is 433 Å². The lowest BCUT2D eigenvalue weighted by atomic mass is 9.86. The van der Waals surface area contributed by atoms with E-state index in [0.717, 1.165) is 48.4 Å². The van der Waals surface area contributed by atoms with Gasteiger partial charge in [0.25, 0.3) is 11.1 Å². The van der Waals surface area contributed by atoms with Gasteiger partial charge in [0.15, 0.2) is 0 Å². The minimum atomic E-state index is -0.441. The van der Waals surface area contributed by atoms with Crippen LogP contribution in [0.2, 0.25) is 0 Å². The zero-order valence-corrected chi connectivity index (χ0v) is 42.3. The molecule has 4 N–H and O–H groups in total. The average Bonchev–Trinajstić information content (AvgIpc) is 3.84.